The highest BCUT2D eigenvalue weighted by Crippen LogP contribution is 2.26. The molecule has 1 saturated heterocycles. The van der Waals surface area contributed by atoms with Gasteiger partial charge in [-0.25, -0.2) is 13.8 Å². The molecule has 0 bridgehead atoms. The second kappa shape index (κ2) is 7.79. The minimum atomic E-state index is -0.547. The van der Waals surface area contributed by atoms with Crippen molar-refractivity contribution >= 4 is 17.2 Å². The van der Waals surface area contributed by atoms with E-state index in [1.165, 1.54) is 10.5 Å². The first kappa shape index (κ1) is 19.3. The molecule has 0 radical (unpaired) electrons. The summed E-state index contributed by atoms with van der Waals surface area (Å²) in [5.74, 6) is -0.485. The molecule has 0 amide bonds. The van der Waals surface area contributed by atoms with Gasteiger partial charge < -0.3 is 15.0 Å². The number of aromatic nitrogens is 2. The fourth-order valence-electron chi connectivity index (χ4n) is 3.55. The van der Waals surface area contributed by atoms with Crippen molar-refractivity contribution in [2.75, 3.05) is 36.5 Å². The molecular weight excluding hydrogens is 378 g/mol. The van der Waals surface area contributed by atoms with Crippen LogP contribution in [0.25, 0.3) is 5.65 Å². The number of benzene rings is 1. The van der Waals surface area contributed by atoms with E-state index in [1.807, 2.05) is 24.8 Å². The van der Waals surface area contributed by atoms with Gasteiger partial charge in [0.25, 0.3) is 5.56 Å². The van der Waals surface area contributed by atoms with Gasteiger partial charge in [-0.3, -0.25) is 9.20 Å². The molecule has 1 unspecified atom stereocenters. The van der Waals surface area contributed by atoms with Crippen LogP contribution in [0, 0.1) is 18.6 Å². The lowest BCUT2D eigenvalue weighted by Gasteiger charge is -2.28. The van der Waals surface area contributed by atoms with Gasteiger partial charge in [-0.05, 0) is 43.7 Å². The van der Waals surface area contributed by atoms with Crippen LogP contribution < -0.4 is 15.8 Å². The number of rotatable bonds is 4. The third-order valence-electron chi connectivity index (χ3n) is 5.01. The molecule has 4 rings (SSSR count). The monoisotopic (exact) mass is 400 g/mol. The average molecular weight is 400 g/mol. The SMILES string of the molecule is Cc1cc(C(C)Nc2cc(F)ccc2F)c2nc(N3CCOCC3)cc(=O)n2c1. The standard InChI is InChI=1S/C21H22F2N4O2/c1-13-9-16(14(2)24-18-10-15(22)3-4-17(18)23)21-25-19(11-20(28)27(21)12-13)26-5-7-29-8-6-26/h3-4,9-12,14,24H,5-8H2,1-2H3. The minimum absolute atomic E-state index is 0.0591. The maximum atomic E-state index is 14.1. The molecule has 1 N–H and O–H groups in total. The Morgan fingerprint density at radius 3 is 2.69 bits per heavy atom. The Labute approximate surface area is 166 Å². The van der Waals surface area contributed by atoms with Crippen molar-refractivity contribution in [3.63, 3.8) is 0 Å². The number of aryl methyl sites for hydroxylation is 1. The number of ether oxygens (including phenoxy) is 1. The number of hydrogen-bond acceptors (Lipinski definition) is 5. The maximum absolute atomic E-state index is 14.1. The van der Waals surface area contributed by atoms with Gasteiger partial charge in [0, 0.05) is 30.9 Å². The molecule has 152 valence electrons. The van der Waals surface area contributed by atoms with Crippen LogP contribution in [0.1, 0.15) is 24.1 Å². The van der Waals surface area contributed by atoms with E-state index in [2.05, 4.69) is 5.32 Å². The third kappa shape index (κ3) is 3.93. The predicted molar refractivity (Wildman–Crippen MR) is 108 cm³/mol. The van der Waals surface area contributed by atoms with Crippen LogP contribution in [0.15, 0.2) is 41.3 Å². The van der Waals surface area contributed by atoms with Gasteiger partial charge in [-0.2, -0.15) is 0 Å². The van der Waals surface area contributed by atoms with E-state index < -0.39 is 17.7 Å². The molecular formula is C21H22F2N4O2. The Morgan fingerprint density at radius 1 is 1.17 bits per heavy atom. The van der Waals surface area contributed by atoms with E-state index in [-0.39, 0.29) is 11.2 Å². The lowest BCUT2D eigenvalue weighted by atomic mass is 10.1. The molecule has 1 aromatic carbocycles. The Balaban J connectivity index is 1.78. The first-order valence-corrected chi connectivity index (χ1v) is 9.50. The molecule has 1 fully saturated rings. The van der Waals surface area contributed by atoms with Crippen molar-refractivity contribution in [1.29, 1.82) is 0 Å². The number of morpholine rings is 1. The summed E-state index contributed by atoms with van der Waals surface area (Å²) in [6.07, 6.45) is 1.73. The smallest absolute Gasteiger partial charge is 0.259 e. The van der Waals surface area contributed by atoms with E-state index in [0.29, 0.717) is 37.8 Å². The van der Waals surface area contributed by atoms with Crippen molar-refractivity contribution < 1.29 is 13.5 Å². The molecule has 0 saturated carbocycles. The Kier molecular flexibility index (Phi) is 5.19. The molecule has 0 aliphatic carbocycles. The van der Waals surface area contributed by atoms with Gasteiger partial charge in [0.2, 0.25) is 0 Å². The topological polar surface area (TPSA) is 58.9 Å². The highest BCUT2D eigenvalue weighted by molar-refractivity contribution is 5.58. The molecule has 29 heavy (non-hydrogen) atoms. The molecule has 3 heterocycles. The number of nitrogens with one attached hydrogen (secondary N) is 1. The number of halogens is 2. The van der Waals surface area contributed by atoms with Crippen LogP contribution in [0.5, 0.6) is 0 Å². The zero-order chi connectivity index (χ0) is 20.5. The molecule has 1 aliphatic rings. The molecule has 2 aromatic heterocycles. The number of hydrogen-bond donors (Lipinski definition) is 1. The van der Waals surface area contributed by atoms with E-state index >= 15 is 0 Å². The van der Waals surface area contributed by atoms with E-state index in [9.17, 15) is 13.6 Å². The minimum Gasteiger partial charge on any atom is -0.378 e. The van der Waals surface area contributed by atoms with Crippen LogP contribution in [-0.4, -0.2) is 35.7 Å². The normalized spacial score (nSPS) is 15.5. The van der Waals surface area contributed by atoms with Crippen molar-refractivity contribution in [3.05, 3.63) is 69.6 Å². The third-order valence-corrected chi connectivity index (χ3v) is 5.01. The lowest BCUT2D eigenvalue weighted by Crippen LogP contribution is -2.37. The van der Waals surface area contributed by atoms with Crippen molar-refractivity contribution in [2.24, 2.45) is 0 Å². The molecule has 1 aliphatic heterocycles. The highest BCUT2D eigenvalue weighted by atomic mass is 19.1. The van der Waals surface area contributed by atoms with Gasteiger partial charge in [0.05, 0.1) is 24.9 Å². The Bertz CT molecular complexity index is 1110. The first-order valence-electron chi connectivity index (χ1n) is 9.50. The van der Waals surface area contributed by atoms with Crippen molar-refractivity contribution in [1.82, 2.24) is 9.38 Å². The van der Waals surface area contributed by atoms with Gasteiger partial charge in [-0.1, -0.05) is 0 Å². The number of nitrogens with zero attached hydrogens (tertiary/aromatic N) is 3. The summed E-state index contributed by atoms with van der Waals surface area (Å²) in [6, 6.07) is 6.28. The lowest BCUT2D eigenvalue weighted by molar-refractivity contribution is 0.122. The van der Waals surface area contributed by atoms with E-state index in [0.717, 1.165) is 29.3 Å². The molecule has 3 aromatic rings. The molecule has 6 nitrogen and oxygen atoms in total. The second-order valence-corrected chi connectivity index (χ2v) is 7.21. The van der Waals surface area contributed by atoms with E-state index in [4.69, 9.17) is 9.72 Å². The van der Waals surface area contributed by atoms with Crippen molar-refractivity contribution in [2.45, 2.75) is 19.9 Å². The fourth-order valence-corrected chi connectivity index (χ4v) is 3.55. The van der Waals surface area contributed by atoms with Gasteiger partial charge in [0.1, 0.15) is 23.1 Å². The van der Waals surface area contributed by atoms with E-state index in [1.54, 1.807) is 6.20 Å². The van der Waals surface area contributed by atoms with Gasteiger partial charge in [0.15, 0.2) is 0 Å². The fraction of sp³-hybridized carbons (Fsp3) is 0.333. The first-order chi connectivity index (χ1) is 13.9. The quantitative estimate of drug-likeness (QED) is 0.728. The Morgan fingerprint density at radius 2 is 1.93 bits per heavy atom. The number of anilines is 2. The summed E-state index contributed by atoms with van der Waals surface area (Å²) < 4.78 is 34.5. The number of fused-ring (bicyclic) bond motifs is 1. The van der Waals surface area contributed by atoms with Crippen molar-refractivity contribution in [3.8, 4) is 0 Å². The summed E-state index contributed by atoms with van der Waals surface area (Å²) in [7, 11) is 0. The number of pyridine rings is 1. The summed E-state index contributed by atoms with van der Waals surface area (Å²) in [5.41, 5.74) is 1.94. The van der Waals surface area contributed by atoms with Crippen LogP contribution in [0.4, 0.5) is 20.3 Å². The molecule has 8 heteroatoms. The summed E-state index contributed by atoms with van der Waals surface area (Å²) in [6.45, 7) is 6.18. The van der Waals surface area contributed by atoms with Gasteiger partial charge >= 0.3 is 0 Å². The second-order valence-electron chi connectivity index (χ2n) is 7.21. The highest BCUT2D eigenvalue weighted by Gasteiger charge is 2.19. The molecule has 0 spiro atoms. The Hall–Kier alpha value is -3.00. The average Bonchev–Trinajstić information content (AvgIpc) is 2.71. The predicted octanol–water partition coefficient (Wildman–Crippen LogP) is 3.29. The summed E-state index contributed by atoms with van der Waals surface area (Å²) in [5, 5.41) is 3.00. The van der Waals surface area contributed by atoms with Crippen LogP contribution in [0.2, 0.25) is 0 Å². The summed E-state index contributed by atoms with van der Waals surface area (Å²) in [4.78, 5) is 19.5. The van der Waals surface area contributed by atoms with Gasteiger partial charge in [-0.15, -0.1) is 0 Å². The molecule has 1 atom stereocenters. The maximum Gasteiger partial charge on any atom is 0.259 e. The van der Waals surface area contributed by atoms with Crippen LogP contribution in [-0.2, 0) is 4.74 Å². The van der Waals surface area contributed by atoms with Crippen LogP contribution in [0.3, 0.4) is 0 Å². The largest absolute Gasteiger partial charge is 0.378 e. The summed E-state index contributed by atoms with van der Waals surface area (Å²) >= 11 is 0. The zero-order valence-corrected chi connectivity index (χ0v) is 16.3. The zero-order valence-electron chi connectivity index (χ0n) is 16.3. The van der Waals surface area contributed by atoms with Crippen LogP contribution >= 0.6 is 0 Å².